The van der Waals surface area contributed by atoms with E-state index in [2.05, 4.69) is 5.32 Å². The van der Waals surface area contributed by atoms with Crippen LogP contribution in [-0.2, 0) is 22.7 Å². The molecule has 0 fully saturated rings. The van der Waals surface area contributed by atoms with Crippen molar-refractivity contribution in [1.82, 2.24) is 4.90 Å². The molecule has 2 aromatic rings. The maximum atomic E-state index is 12.8. The molecule has 1 aromatic heterocycles. The van der Waals surface area contributed by atoms with Gasteiger partial charge in [0.25, 0.3) is 0 Å². The molecule has 0 aliphatic carbocycles. The molecule has 152 valence electrons. The van der Waals surface area contributed by atoms with Crippen molar-refractivity contribution in [2.45, 2.75) is 40.8 Å². The van der Waals surface area contributed by atoms with E-state index in [4.69, 9.17) is 4.42 Å². The predicted octanol–water partition coefficient (Wildman–Crippen LogP) is 4.12. The second kappa shape index (κ2) is 9.44. The summed E-state index contributed by atoms with van der Waals surface area (Å²) in [4.78, 5) is 28.7. The molecule has 0 unspecified atom stereocenters. The Hall–Kier alpha value is -2.76. The molecule has 2 rings (SSSR count). The van der Waals surface area contributed by atoms with Gasteiger partial charge in [0, 0.05) is 43.9 Å². The number of anilines is 2. The summed E-state index contributed by atoms with van der Waals surface area (Å²) in [6.07, 6.45) is 1.61. The lowest BCUT2D eigenvalue weighted by molar-refractivity contribution is -0.136. The van der Waals surface area contributed by atoms with Crippen LogP contribution in [0.3, 0.4) is 0 Å². The molecule has 0 aliphatic heterocycles. The third-order valence-corrected chi connectivity index (χ3v) is 4.45. The molecule has 0 radical (unpaired) electrons. The number of nitrogens with one attached hydrogen (secondary N) is 1. The number of hydrogen-bond acceptors (Lipinski definition) is 4. The Labute approximate surface area is 167 Å². The molecule has 0 saturated carbocycles. The average Bonchev–Trinajstić information content (AvgIpc) is 3.13. The Morgan fingerprint density at radius 2 is 1.75 bits per heavy atom. The van der Waals surface area contributed by atoms with E-state index in [9.17, 15) is 9.59 Å². The third kappa shape index (κ3) is 5.62. The average molecular weight is 386 g/mol. The molecule has 1 heterocycles. The molecule has 0 saturated heterocycles. The number of benzene rings is 1. The minimum absolute atomic E-state index is 0.0331. The Bertz CT molecular complexity index is 795. The van der Waals surface area contributed by atoms with E-state index in [-0.39, 0.29) is 23.7 Å². The quantitative estimate of drug-likeness (QED) is 0.742. The number of furan rings is 1. The highest BCUT2D eigenvalue weighted by Gasteiger charge is 2.21. The summed E-state index contributed by atoms with van der Waals surface area (Å²) in [5.74, 6) is 0.535. The number of nitrogens with zero attached hydrogens (tertiary/aromatic N) is 2. The van der Waals surface area contributed by atoms with Crippen LogP contribution < -0.4 is 10.2 Å². The van der Waals surface area contributed by atoms with Gasteiger partial charge in [0.15, 0.2) is 0 Å². The van der Waals surface area contributed by atoms with E-state index >= 15 is 0 Å². The van der Waals surface area contributed by atoms with Gasteiger partial charge in [-0.15, -0.1) is 0 Å². The van der Waals surface area contributed by atoms with Gasteiger partial charge in [-0.2, -0.15) is 0 Å². The van der Waals surface area contributed by atoms with Crippen LogP contribution in [0, 0.1) is 11.8 Å². The van der Waals surface area contributed by atoms with Crippen LogP contribution in [0.5, 0.6) is 0 Å². The molecule has 2 amide bonds. The minimum atomic E-state index is -0.124. The SMILES string of the molecule is CC(C)C(=O)Nc1ccc(N(C)C)c(CN(Cc2ccco2)C(=O)C(C)C)c1. The van der Waals surface area contributed by atoms with Gasteiger partial charge < -0.3 is 19.5 Å². The van der Waals surface area contributed by atoms with Crippen molar-refractivity contribution in [3.63, 3.8) is 0 Å². The molecular weight excluding hydrogens is 354 g/mol. The van der Waals surface area contributed by atoms with E-state index in [1.165, 1.54) is 0 Å². The van der Waals surface area contributed by atoms with E-state index in [1.54, 1.807) is 11.2 Å². The molecule has 6 heteroatoms. The number of carbonyl (C=O) groups excluding carboxylic acids is 2. The molecule has 6 nitrogen and oxygen atoms in total. The van der Waals surface area contributed by atoms with Crippen molar-refractivity contribution < 1.29 is 14.0 Å². The van der Waals surface area contributed by atoms with E-state index in [0.717, 1.165) is 22.7 Å². The number of rotatable bonds is 8. The summed E-state index contributed by atoms with van der Waals surface area (Å²) in [5, 5.41) is 2.94. The van der Waals surface area contributed by atoms with Gasteiger partial charge >= 0.3 is 0 Å². The summed E-state index contributed by atoms with van der Waals surface area (Å²) in [5.41, 5.74) is 2.70. The van der Waals surface area contributed by atoms with Crippen LogP contribution in [0.2, 0.25) is 0 Å². The predicted molar refractivity (Wildman–Crippen MR) is 112 cm³/mol. The molecular formula is C22H31N3O3. The smallest absolute Gasteiger partial charge is 0.226 e. The maximum Gasteiger partial charge on any atom is 0.226 e. The van der Waals surface area contributed by atoms with Crippen LogP contribution in [-0.4, -0.2) is 30.8 Å². The number of carbonyl (C=O) groups is 2. The number of hydrogen-bond donors (Lipinski definition) is 1. The second-order valence-electron chi connectivity index (χ2n) is 7.81. The Balaban J connectivity index is 2.34. The van der Waals surface area contributed by atoms with Crippen molar-refractivity contribution in [2.24, 2.45) is 11.8 Å². The molecule has 1 N–H and O–H groups in total. The summed E-state index contributed by atoms with van der Waals surface area (Å²) >= 11 is 0. The highest BCUT2D eigenvalue weighted by Crippen LogP contribution is 2.26. The molecule has 0 bridgehead atoms. The zero-order valence-corrected chi connectivity index (χ0v) is 17.7. The van der Waals surface area contributed by atoms with Crippen LogP contribution in [0.25, 0.3) is 0 Å². The summed E-state index contributed by atoms with van der Waals surface area (Å²) < 4.78 is 5.45. The lowest BCUT2D eigenvalue weighted by Gasteiger charge is -2.27. The first-order valence-electron chi connectivity index (χ1n) is 9.61. The standard InChI is InChI=1S/C22H31N3O3/c1-15(2)21(26)23-18-9-10-20(24(5)6)17(12-18)13-25(22(27)16(3)4)14-19-8-7-11-28-19/h7-12,15-16H,13-14H2,1-6H3,(H,23,26). The largest absolute Gasteiger partial charge is 0.467 e. The van der Waals surface area contributed by atoms with Crippen molar-refractivity contribution in [3.8, 4) is 0 Å². The van der Waals surface area contributed by atoms with Crippen LogP contribution in [0.15, 0.2) is 41.0 Å². The van der Waals surface area contributed by atoms with Gasteiger partial charge in [0.2, 0.25) is 11.8 Å². The topological polar surface area (TPSA) is 65.8 Å². The number of amides is 2. The van der Waals surface area contributed by atoms with Crippen molar-refractivity contribution in [2.75, 3.05) is 24.3 Å². The highest BCUT2D eigenvalue weighted by atomic mass is 16.3. The molecule has 0 spiro atoms. The zero-order chi connectivity index (χ0) is 20.8. The molecule has 0 atom stereocenters. The van der Waals surface area contributed by atoms with Crippen molar-refractivity contribution in [3.05, 3.63) is 47.9 Å². The first-order chi connectivity index (χ1) is 13.2. The Morgan fingerprint density at radius 1 is 1.04 bits per heavy atom. The molecule has 0 aliphatic rings. The lowest BCUT2D eigenvalue weighted by Crippen LogP contribution is -2.33. The first kappa shape index (κ1) is 21.5. The maximum absolute atomic E-state index is 12.8. The van der Waals surface area contributed by atoms with Crippen molar-refractivity contribution in [1.29, 1.82) is 0 Å². The monoisotopic (exact) mass is 385 g/mol. The van der Waals surface area contributed by atoms with Crippen LogP contribution in [0.4, 0.5) is 11.4 Å². The van der Waals surface area contributed by atoms with Gasteiger partial charge in [0.05, 0.1) is 12.8 Å². The second-order valence-corrected chi connectivity index (χ2v) is 7.81. The fourth-order valence-corrected chi connectivity index (χ4v) is 2.89. The van der Waals surface area contributed by atoms with E-state index in [0.29, 0.717) is 13.1 Å². The van der Waals surface area contributed by atoms with Crippen LogP contribution in [0.1, 0.15) is 39.0 Å². The van der Waals surface area contributed by atoms with Gasteiger partial charge in [0.1, 0.15) is 5.76 Å². The van der Waals surface area contributed by atoms with Gasteiger partial charge in [-0.3, -0.25) is 9.59 Å². The summed E-state index contributed by atoms with van der Waals surface area (Å²) in [7, 11) is 3.93. The van der Waals surface area contributed by atoms with Gasteiger partial charge in [-0.1, -0.05) is 27.7 Å². The van der Waals surface area contributed by atoms with Crippen molar-refractivity contribution >= 4 is 23.2 Å². The fraction of sp³-hybridized carbons (Fsp3) is 0.455. The van der Waals surface area contributed by atoms with Gasteiger partial charge in [-0.05, 0) is 35.9 Å². The fourth-order valence-electron chi connectivity index (χ4n) is 2.89. The summed E-state index contributed by atoms with van der Waals surface area (Å²) in [6.45, 7) is 8.33. The highest BCUT2D eigenvalue weighted by molar-refractivity contribution is 5.92. The Morgan fingerprint density at radius 3 is 2.29 bits per heavy atom. The normalized spacial score (nSPS) is 11.0. The zero-order valence-electron chi connectivity index (χ0n) is 17.7. The first-order valence-corrected chi connectivity index (χ1v) is 9.61. The van der Waals surface area contributed by atoms with E-state index in [1.807, 2.05) is 77.0 Å². The minimum Gasteiger partial charge on any atom is -0.467 e. The lowest BCUT2D eigenvalue weighted by atomic mass is 10.1. The van der Waals surface area contributed by atoms with Gasteiger partial charge in [-0.25, -0.2) is 0 Å². The molecule has 1 aromatic carbocycles. The third-order valence-electron chi connectivity index (χ3n) is 4.45. The molecule has 28 heavy (non-hydrogen) atoms. The van der Waals surface area contributed by atoms with Crippen LogP contribution >= 0.6 is 0 Å². The van der Waals surface area contributed by atoms with E-state index < -0.39 is 0 Å². The summed E-state index contributed by atoms with van der Waals surface area (Å²) in [6, 6.07) is 9.49. The Kier molecular flexibility index (Phi) is 7.26.